The summed E-state index contributed by atoms with van der Waals surface area (Å²) in [5.41, 5.74) is 0.893. The molecule has 2 N–H and O–H groups in total. The number of nitrogens with one attached hydrogen (secondary N) is 2. The molecule has 0 atom stereocenters. The van der Waals surface area contributed by atoms with E-state index in [4.69, 9.17) is 4.42 Å². The molecule has 1 saturated heterocycles. The molecule has 2 aromatic heterocycles. The first-order chi connectivity index (χ1) is 14.5. The van der Waals surface area contributed by atoms with Gasteiger partial charge in [0.05, 0.1) is 12.7 Å². The molecule has 1 aromatic carbocycles. The first kappa shape index (κ1) is 20.2. The van der Waals surface area contributed by atoms with Gasteiger partial charge in [0.25, 0.3) is 6.43 Å². The number of aryl methyl sites for hydroxylation is 1. The minimum atomic E-state index is -2.36. The van der Waals surface area contributed by atoms with Crippen LogP contribution in [0, 0.1) is 6.92 Å². The van der Waals surface area contributed by atoms with Crippen molar-refractivity contribution in [2.75, 3.05) is 25.0 Å². The first-order valence-electron chi connectivity index (χ1n) is 9.88. The Balaban J connectivity index is 1.40. The minimum absolute atomic E-state index is 0.0139. The monoisotopic (exact) mass is 415 g/mol. The number of amides is 2. The summed E-state index contributed by atoms with van der Waals surface area (Å²) >= 11 is 0. The largest absolute Gasteiger partial charge is 0.441 e. The van der Waals surface area contributed by atoms with Gasteiger partial charge in [0.2, 0.25) is 0 Å². The second-order valence-corrected chi connectivity index (χ2v) is 7.37. The Morgan fingerprint density at radius 2 is 2.00 bits per heavy atom. The third-order valence-corrected chi connectivity index (χ3v) is 5.21. The summed E-state index contributed by atoms with van der Waals surface area (Å²) in [5.74, 6) is 1.73. The molecular weight excluding hydrogens is 392 g/mol. The lowest BCUT2D eigenvalue weighted by molar-refractivity contribution is 0.132. The van der Waals surface area contributed by atoms with Crippen LogP contribution in [0.1, 0.15) is 18.7 Å². The maximum atomic E-state index is 12.6. The summed E-state index contributed by atoms with van der Waals surface area (Å²) in [6.07, 6.45) is 2.32. The van der Waals surface area contributed by atoms with E-state index in [0.29, 0.717) is 43.4 Å². The van der Waals surface area contributed by atoms with Crippen LogP contribution in [0.3, 0.4) is 0 Å². The molecule has 3 heterocycles. The van der Waals surface area contributed by atoms with Gasteiger partial charge in [0, 0.05) is 43.2 Å². The molecule has 158 valence electrons. The summed E-state index contributed by atoms with van der Waals surface area (Å²) in [5, 5.41) is 7.53. The predicted molar refractivity (Wildman–Crippen MR) is 110 cm³/mol. The topological polar surface area (TPSA) is 83.3 Å². The Kier molecular flexibility index (Phi) is 5.89. The number of anilines is 1. The highest BCUT2D eigenvalue weighted by Gasteiger charge is 2.23. The van der Waals surface area contributed by atoms with E-state index in [0.717, 1.165) is 16.3 Å². The molecular formula is C21H23F2N5O2. The zero-order valence-electron chi connectivity index (χ0n) is 16.6. The van der Waals surface area contributed by atoms with Crippen LogP contribution < -0.4 is 10.6 Å². The van der Waals surface area contributed by atoms with Crippen molar-refractivity contribution >= 4 is 22.6 Å². The van der Waals surface area contributed by atoms with Gasteiger partial charge in [0.15, 0.2) is 11.7 Å². The van der Waals surface area contributed by atoms with E-state index in [2.05, 4.69) is 20.6 Å². The fourth-order valence-corrected chi connectivity index (χ4v) is 3.59. The molecule has 0 spiro atoms. The number of hydrogen-bond donors (Lipinski definition) is 2. The van der Waals surface area contributed by atoms with Crippen molar-refractivity contribution < 1.29 is 18.0 Å². The summed E-state index contributed by atoms with van der Waals surface area (Å²) in [6.45, 7) is 2.50. The van der Waals surface area contributed by atoms with Gasteiger partial charge in [-0.2, -0.15) is 0 Å². The average molecular weight is 415 g/mol. The van der Waals surface area contributed by atoms with Crippen LogP contribution >= 0.6 is 0 Å². The molecule has 0 unspecified atom stereocenters. The molecule has 0 saturated carbocycles. The normalized spacial score (nSPS) is 15.1. The second kappa shape index (κ2) is 8.74. The number of carbonyl (C=O) groups is 1. The van der Waals surface area contributed by atoms with Crippen LogP contribution in [-0.4, -0.2) is 53.0 Å². The maximum Gasteiger partial charge on any atom is 0.323 e. The number of benzene rings is 1. The molecule has 1 aliphatic rings. The molecule has 3 aromatic rings. The summed E-state index contributed by atoms with van der Waals surface area (Å²) in [7, 11) is 0. The van der Waals surface area contributed by atoms with Gasteiger partial charge in [0.1, 0.15) is 5.82 Å². The number of pyridine rings is 1. The van der Waals surface area contributed by atoms with Crippen molar-refractivity contribution in [3.8, 4) is 11.3 Å². The van der Waals surface area contributed by atoms with Crippen molar-refractivity contribution in [2.24, 2.45) is 0 Å². The fourth-order valence-electron chi connectivity index (χ4n) is 3.59. The number of hydrogen-bond acceptors (Lipinski definition) is 5. The number of aromatic nitrogens is 2. The average Bonchev–Trinajstić information content (AvgIpc) is 3.18. The van der Waals surface area contributed by atoms with Crippen LogP contribution in [-0.2, 0) is 0 Å². The molecule has 4 rings (SSSR count). The molecule has 0 radical (unpaired) electrons. The third kappa shape index (κ3) is 4.73. The Labute approximate surface area is 172 Å². The molecule has 7 nitrogen and oxygen atoms in total. The molecule has 1 fully saturated rings. The van der Waals surface area contributed by atoms with E-state index in [1.807, 2.05) is 24.3 Å². The van der Waals surface area contributed by atoms with E-state index in [9.17, 15) is 13.6 Å². The molecule has 30 heavy (non-hydrogen) atoms. The Bertz CT molecular complexity index is 1030. The molecule has 2 amide bonds. The summed E-state index contributed by atoms with van der Waals surface area (Å²) < 4.78 is 30.2. The molecule has 0 aliphatic carbocycles. The predicted octanol–water partition coefficient (Wildman–Crippen LogP) is 4.05. The van der Waals surface area contributed by atoms with E-state index >= 15 is 0 Å². The molecule has 9 heteroatoms. The molecule has 0 bridgehead atoms. The number of carbonyl (C=O) groups excluding carboxylic acids is 1. The van der Waals surface area contributed by atoms with Gasteiger partial charge < -0.3 is 14.6 Å². The van der Waals surface area contributed by atoms with Gasteiger partial charge in [-0.1, -0.05) is 12.1 Å². The van der Waals surface area contributed by atoms with Gasteiger partial charge in [-0.05, 0) is 30.4 Å². The quantitative estimate of drug-likeness (QED) is 0.657. The highest BCUT2D eigenvalue weighted by atomic mass is 19.3. The molecule has 1 aliphatic heterocycles. The van der Waals surface area contributed by atoms with Crippen molar-refractivity contribution in [3.05, 3.63) is 42.5 Å². The van der Waals surface area contributed by atoms with Crippen LogP contribution in [0.2, 0.25) is 0 Å². The number of nitrogens with zero attached hydrogens (tertiary/aromatic N) is 3. The lowest BCUT2D eigenvalue weighted by Crippen LogP contribution is -2.47. The van der Waals surface area contributed by atoms with Crippen LogP contribution in [0.15, 0.2) is 41.1 Å². The van der Waals surface area contributed by atoms with Crippen molar-refractivity contribution in [2.45, 2.75) is 32.2 Å². The van der Waals surface area contributed by atoms with E-state index in [1.54, 1.807) is 24.2 Å². The van der Waals surface area contributed by atoms with Crippen LogP contribution in [0.4, 0.5) is 19.4 Å². The van der Waals surface area contributed by atoms with E-state index in [-0.39, 0.29) is 18.6 Å². The zero-order chi connectivity index (χ0) is 21.1. The van der Waals surface area contributed by atoms with Gasteiger partial charge in [-0.15, -0.1) is 0 Å². The minimum Gasteiger partial charge on any atom is -0.441 e. The lowest BCUT2D eigenvalue weighted by atomic mass is 10.1. The Morgan fingerprint density at radius 3 is 2.70 bits per heavy atom. The van der Waals surface area contributed by atoms with Gasteiger partial charge in [-0.3, -0.25) is 5.32 Å². The van der Waals surface area contributed by atoms with Crippen molar-refractivity contribution in [1.29, 1.82) is 0 Å². The van der Waals surface area contributed by atoms with Crippen molar-refractivity contribution in [3.63, 3.8) is 0 Å². The van der Waals surface area contributed by atoms with E-state index < -0.39 is 6.43 Å². The SMILES string of the molecule is Cc1ncc(-c2ccc3cnc(NC(=O)N4CCC(NCC(F)F)CC4)cc3c2)o1. The fraction of sp³-hybridized carbons (Fsp3) is 0.381. The number of likely N-dealkylation sites (tertiary alicyclic amines) is 1. The number of urea groups is 1. The lowest BCUT2D eigenvalue weighted by Gasteiger charge is -2.32. The van der Waals surface area contributed by atoms with E-state index in [1.165, 1.54) is 0 Å². The number of rotatable bonds is 5. The Hall–Kier alpha value is -3.07. The second-order valence-electron chi connectivity index (χ2n) is 7.37. The summed E-state index contributed by atoms with van der Waals surface area (Å²) in [6, 6.07) is 7.44. The summed E-state index contributed by atoms with van der Waals surface area (Å²) in [4.78, 5) is 22.7. The highest BCUT2D eigenvalue weighted by Crippen LogP contribution is 2.26. The number of alkyl halides is 2. The smallest absolute Gasteiger partial charge is 0.323 e. The number of oxazole rings is 1. The van der Waals surface area contributed by atoms with Crippen LogP contribution in [0.25, 0.3) is 22.1 Å². The number of fused-ring (bicyclic) bond motifs is 1. The van der Waals surface area contributed by atoms with Gasteiger partial charge in [-0.25, -0.2) is 23.5 Å². The van der Waals surface area contributed by atoms with Gasteiger partial charge >= 0.3 is 6.03 Å². The zero-order valence-corrected chi connectivity index (χ0v) is 16.6. The standard InChI is InChI=1S/C21H23F2N5O2/c1-13-24-11-18(30-13)14-2-3-15-10-26-20(9-16(15)8-14)27-21(29)28-6-4-17(5-7-28)25-12-19(22)23/h2-3,8-11,17,19,25H,4-7,12H2,1H3,(H,26,27,29). The first-order valence-corrected chi connectivity index (χ1v) is 9.88. The van der Waals surface area contributed by atoms with Crippen LogP contribution in [0.5, 0.6) is 0 Å². The van der Waals surface area contributed by atoms with Crippen molar-refractivity contribution in [1.82, 2.24) is 20.2 Å². The number of piperidine rings is 1. The number of halogens is 2. The highest BCUT2D eigenvalue weighted by molar-refractivity contribution is 5.93. The maximum absolute atomic E-state index is 12.6. The Morgan fingerprint density at radius 1 is 1.20 bits per heavy atom. The third-order valence-electron chi connectivity index (χ3n) is 5.21.